The molecule has 4 heterocycles. The number of nitrogens with zero attached hydrogens (tertiary/aromatic N) is 4. The van der Waals surface area contributed by atoms with Crippen LogP contribution in [0.2, 0.25) is 0 Å². The van der Waals surface area contributed by atoms with E-state index in [1.165, 1.54) is 0 Å². The van der Waals surface area contributed by atoms with Gasteiger partial charge >= 0.3 is 6.03 Å². The van der Waals surface area contributed by atoms with Gasteiger partial charge < -0.3 is 14.8 Å². The molecule has 1 fully saturated rings. The van der Waals surface area contributed by atoms with Crippen LogP contribution in [0.4, 0.5) is 16.3 Å². The van der Waals surface area contributed by atoms with Gasteiger partial charge in [0.05, 0.1) is 12.2 Å². The van der Waals surface area contributed by atoms with Crippen LogP contribution in [0.5, 0.6) is 5.75 Å². The third-order valence-corrected chi connectivity index (χ3v) is 5.33. The number of para-hydroxylation sites is 1. The van der Waals surface area contributed by atoms with Crippen LogP contribution < -0.4 is 15.0 Å². The van der Waals surface area contributed by atoms with Crippen LogP contribution in [0.25, 0.3) is 11.3 Å². The summed E-state index contributed by atoms with van der Waals surface area (Å²) in [4.78, 5) is 19.0. The Bertz CT molecular complexity index is 1030. The maximum atomic E-state index is 12.8. The smallest absolute Gasteiger partial charge is 0.327 e. The molecule has 0 spiro atoms. The Morgan fingerprint density at radius 2 is 2.03 bits per heavy atom. The summed E-state index contributed by atoms with van der Waals surface area (Å²) in [6.07, 6.45) is 6.62. The Hall–Kier alpha value is -3.39. The molecule has 1 unspecified atom stereocenters. The predicted octanol–water partition coefficient (Wildman–Crippen LogP) is 4.08. The molecule has 1 N–H and O–H groups in total. The largest absolute Gasteiger partial charge is 0.488 e. The fourth-order valence-electron chi connectivity index (χ4n) is 3.84. The van der Waals surface area contributed by atoms with Crippen molar-refractivity contribution < 1.29 is 14.3 Å². The maximum Gasteiger partial charge on any atom is 0.327 e. The minimum atomic E-state index is -0.230. The van der Waals surface area contributed by atoms with Crippen LogP contribution in [-0.4, -0.2) is 40.6 Å². The molecule has 2 aromatic heterocycles. The summed E-state index contributed by atoms with van der Waals surface area (Å²) in [5, 5.41) is 7.37. The number of hydrogen-bond acceptors (Lipinski definition) is 5. The Morgan fingerprint density at radius 3 is 2.87 bits per heavy atom. The Balaban J connectivity index is 1.40. The van der Waals surface area contributed by atoms with E-state index >= 15 is 0 Å². The lowest BCUT2D eigenvalue weighted by Gasteiger charge is -2.29. The van der Waals surface area contributed by atoms with Gasteiger partial charge in [-0.1, -0.05) is 18.2 Å². The minimum Gasteiger partial charge on any atom is -0.488 e. The number of carbonyl (C=O) groups excluding carboxylic acids is 1. The molecule has 154 valence electrons. The van der Waals surface area contributed by atoms with E-state index in [0.29, 0.717) is 24.7 Å². The van der Waals surface area contributed by atoms with Gasteiger partial charge in [-0.3, -0.25) is 4.90 Å². The number of hydrogen-bond donors (Lipinski definition) is 1. The monoisotopic (exact) mass is 405 g/mol. The topological polar surface area (TPSA) is 81.5 Å². The van der Waals surface area contributed by atoms with Crippen molar-refractivity contribution in [1.82, 2.24) is 14.8 Å². The quantitative estimate of drug-likeness (QED) is 0.710. The van der Waals surface area contributed by atoms with E-state index < -0.39 is 0 Å². The molecule has 8 nitrogen and oxygen atoms in total. The highest BCUT2D eigenvalue weighted by Crippen LogP contribution is 2.35. The van der Waals surface area contributed by atoms with Crippen LogP contribution in [0.1, 0.15) is 25.5 Å². The number of carbonyl (C=O) groups is 1. The molecule has 0 radical (unpaired) electrons. The number of urea groups is 1. The predicted molar refractivity (Wildman–Crippen MR) is 113 cm³/mol. The molecule has 1 atom stereocenters. The number of benzene rings is 1. The number of pyridine rings is 1. The Labute approximate surface area is 174 Å². The summed E-state index contributed by atoms with van der Waals surface area (Å²) in [5.41, 5.74) is 2.54. The van der Waals surface area contributed by atoms with Gasteiger partial charge in [-0.15, -0.1) is 0 Å². The SMILES string of the molecule is O=C(Nc1ccccc1)N1CCOc2cc(-c3ccnn3C3CCCCO3)cnc21. The number of aromatic nitrogens is 3. The van der Waals surface area contributed by atoms with Gasteiger partial charge in [0.1, 0.15) is 6.61 Å². The van der Waals surface area contributed by atoms with Gasteiger partial charge in [0.2, 0.25) is 0 Å². The molecule has 1 saturated heterocycles. The molecule has 0 bridgehead atoms. The highest BCUT2D eigenvalue weighted by atomic mass is 16.5. The molecule has 0 aliphatic carbocycles. The fraction of sp³-hybridized carbons (Fsp3) is 0.318. The molecule has 3 aromatic rings. The number of amides is 2. The zero-order valence-corrected chi connectivity index (χ0v) is 16.5. The van der Waals surface area contributed by atoms with E-state index in [9.17, 15) is 4.79 Å². The third-order valence-electron chi connectivity index (χ3n) is 5.33. The highest BCUT2D eigenvalue weighted by molar-refractivity contribution is 6.02. The second-order valence-electron chi connectivity index (χ2n) is 7.32. The first-order valence-electron chi connectivity index (χ1n) is 10.2. The summed E-state index contributed by atoms with van der Waals surface area (Å²) >= 11 is 0. The van der Waals surface area contributed by atoms with Crippen LogP contribution in [0.3, 0.4) is 0 Å². The molecule has 8 heteroatoms. The van der Waals surface area contributed by atoms with E-state index in [1.807, 2.05) is 47.1 Å². The molecule has 1 aromatic carbocycles. The van der Waals surface area contributed by atoms with Crippen LogP contribution in [-0.2, 0) is 4.74 Å². The minimum absolute atomic E-state index is 0.0613. The Morgan fingerprint density at radius 1 is 1.13 bits per heavy atom. The van der Waals surface area contributed by atoms with Gasteiger partial charge in [-0.25, -0.2) is 14.5 Å². The average Bonchev–Trinajstić information content (AvgIpc) is 3.29. The van der Waals surface area contributed by atoms with Crippen LogP contribution in [0, 0.1) is 0 Å². The molecule has 30 heavy (non-hydrogen) atoms. The van der Waals surface area contributed by atoms with Crippen molar-refractivity contribution in [3.05, 3.63) is 54.9 Å². The van der Waals surface area contributed by atoms with Gasteiger partial charge in [-0.2, -0.15) is 5.10 Å². The number of ether oxygens (including phenoxy) is 2. The zero-order chi connectivity index (χ0) is 20.3. The van der Waals surface area contributed by atoms with Gasteiger partial charge in [0, 0.05) is 30.3 Å². The summed E-state index contributed by atoms with van der Waals surface area (Å²) < 4.78 is 13.6. The second-order valence-corrected chi connectivity index (χ2v) is 7.32. The van der Waals surface area contributed by atoms with E-state index in [4.69, 9.17) is 9.47 Å². The highest BCUT2D eigenvalue weighted by Gasteiger charge is 2.27. The maximum absolute atomic E-state index is 12.8. The van der Waals surface area contributed by atoms with E-state index in [-0.39, 0.29) is 12.3 Å². The van der Waals surface area contributed by atoms with Crippen LogP contribution >= 0.6 is 0 Å². The summed E-state index contributed by atoms with van der Waals surface area (Å²) in [6.45, 7) is 1.60. The summed E-state index contributed by atoms with van der Waals surface area (Å²) in [6, 6.07) is 13.0. The number of anilines is 2. The molecular weight excluding hydrogens is 382 g/mol. The van der Waals surface area contributed by atoms with E-state index in [2.05, 4.69) is 15.4 Å². The van der Waals surface area contributed by atoms with Crippen molar-refractivity contribution in [2.45, 2.75) is 25.5 Å². The number of nitrogens with one attached hydrogen (secondary N) is 1. The second kappa shape index (κ2) is 8.16. The lowest BCUT2D eigenvalue weighted by Crippen LogP contribution is -2.41. The third kappa shape index (κ3) is 3.61. The van der Waals surface area contributed by atoms with Gasteiger partial charge in [-0.05, 0) is 43.5 Å². The summed E-state index contributed by atoms with van der Waals surface area (Å²) in [7, 11) is 0. The lowest BCUT2D eigenvalue weighted by atomic mass is 10.1. The molecule has 2 aliphatic heterocycles. The average molecular weight is 405 g/mol. The van der Waals surface area contributed by atoms with Gasteiger partial charge in [0.25, 0.3) is 0 Å². The van der Waals surface area contributed by atoms with Crippen molar-refractivity contribution in [3.8, 4) is 17.0 Å². The van der Waals surface area contributed by atoms with E-state index in [1.54, 1.807) is 17.3 Å². The van der Waals surface area contributed by atoms with Crippen LogP contribution in [0.15, 0.2) is 54.9 Å². The number of rotatable bonds is 3. The van der Waals surface area contributed by atoms with Crippen molar-refractivity contribution in [1.29, 1.82) is 0 Å². The van der Waals surface area contributed by atoms with Crippen molar-refractivity contribution >= 4 is 17.5 Å². The first kappa shape index (κ1) is 18.6. The first-order chi connectivity index (χ1) is 14.8. The first-order valence-corrected chi connectivity index (χ1v) is 10.2. The normalized spacial score (nSPS) is 18.4. The van der Waals surface area contributed by atoms with Crippen molar-refractivity contribution in [2.24, 2.45) is 0 Å². The molecule has 0 saturated carbocycles. The van der Waals surface area contributed by atoms with Gasteiger partial charge in [0.15, 0.2) is 17.8 Å². The Kier molecular flexibility index (Phi) is 5.06. The standard InChI is InChI=1S/C22H23N5O3/c28-22(25-17-6-2-1-3-7-17)26-11-13-29-19-14-16(15-23-21(19)26)18-9-10-24-27(18)20-8-4-5-12-30-20/h1-3,6-7,9-10,14-15,20H,4-5,8,11-13H2,(H,25,28). The van der Waals surface area contributed by atoms with E-state index in [0.717, 1.165) is 42.8 Å². The number of fused-ring (bicyclic) bond motifs is 1. The van der Waals surface area contributed by atoms with Crippen molar-refractivity contribution in [3.63, 3.8) is 0 Å². The summed E-state index contributed by atoms with van der Waals surface area (Å²) in [5.74, 6) is 1.10. The molecular formula is C22H23N5O3. The molecule has 2 aliphatic rings. The molecule has 2 amide bonds. The fourth-order valence-corrected chi connectivity index (χ4v) is 3.84. The lowest BCUT2D eigenvalue weighted by molar-refractivity contribution is -0.0383. The van der Waals surface area contributed by atoms with Crippen molar-refractivity contribution in [2.75, 3.05) is 30.0 Å². The molecule has 5 rings (SSSR count). The zero-order valence-electron chi connectivity index (χ0n) is 16.5.